The molecule has 1 aliphatic carbocycles. The molecule has 3 rings (SSSR count). The Kier molecular flexibility index (Phi) is 3.43. The van der Waals surface area contributed by atoms with Gasteiger partial charge in [0.1, 0.15) is 11.6 Å². The summed E-state index contributed by atoms with van der Waals surface area (Å²) in [7, 11) is 0. The van der Waals surface area contributed by atoms with Gasteiger partial charge >= 0.3 is 0 Å². The third-order valence-corrected chi connectivity index (χ3v) is 3.86. The Hall–Kier alpha value is -1.20. The van der Waals surface area contributed by atoms with Gasteiger partial charge in [-0.1, -0.05) is 0 Å². The number of anilines is 1. The molecule has 0 radical (unpaired) electrons. The third kappa shape index (κ3) is 2.20. The van der Waals surface area contributed by atoms with E-state index in [0.717, 1.165) is 50.5 Å². The van der Waals surface area contributed by atoms with Crippen LogP contribution in [0.3, 0.4) is 0 Å². The molecular formula is C13H20N4O. The largest absolute Gasteiger partial charge is 0.381 e. The molecule has 2 heterocycles. The van der Waals surface area contributed by atoms with Crippen LogP contribution in [0.1, 0.15) is 48.7 Å². The van der Waals surface area contributed by atoms with E-state index in [1.807, 2.05) is 0 Å². The second-order valence-electron chi connectivity index (χ2n) is 5.12. The lowest BCUT2D eigenvalue weighted by Gasteiger charge is -2.24. The first kappa shape index (κ1) is 11.9. The highest BCUT2D eigenvalue weighted by molar-refractivity contribution is 5.47. The van der Waals surface area contributed by atoms with Crippen LogP contribution in [0.2, 0.25) is 0 Å². The Morgan fingerprint density at radius 2 is 2.06 bits per heavy atom. The quantitative estimate of drug-likeness (QED) is 0.613. The Labute approximate surface area is 107 Å². The predicted octanol–water partition coefficient (Wildman–Crippen LogP) is 1.53. The molecule has 1 unspecified atom stereocenters. The van der Waals surface area contributed by atoms with Gasteiger partial charge in [-0.05, 0) is 38.5 Å². The minimum atomic E-state index is 0.332. The van der Waals surface area contributed by atoms with Crippen molar-refractivity contribution in [2.75, 3.05) is 18.6 Å². The summed E-state index contributed by atoms with van der Waals surface area (Å²) in [6, 6.07) is 0. The van der Waals surface area contributed by atoms with E-state index in [1.54, 1.807) is 0 Å². The van der Waals surface area contributed by atoms with Crippen LogP contribution in [0.25, 0.3) is 0 Å². The molecule has 5 nitrogen and oxygen atoms in total. The molecule has 1 aromatic rings. The first-order chi connectivity index (χ1) is 8.88. The van der Waals surface area contributed by atoms with Gasteiger partial charge in [0.2, 0.25) is 0 Å². The van der Waals surface area contributed by atoms with Crippen molar-refractivity contribution in [2.45, 2.75) is 44.4 Å². The van der Waals surface area contributed by atoms with Gasteiger partial charge in [-0.15, -0.1) is 0 Å². The molecule has 5 heteroatoms. The summed E-state index contributed by atoms with van der Waals surface area (Å²) in [5.41, 5.74) is 5.14. The number of aromatic nitrogens is 2. The zero-order valence-corrected chi connectivity index (χ0v) is 10.6. The summed E-state index contributed by atoms with van der Waals surface area (Å²) in [5.74, 6) is 7.66. The zero-order chi connectivity index (χ0) is 12.4. The zero-order valence-electron chi connectivity index (χ0n) is 10.6. The standard InChI is InChI=1S/C13H20N4O/c14-17-13-10-5-1-2-6-11(10)15-12(16-13)9-4-3-7-18-8-9/h9H,1-8,14H2,(H,15,16,17). The number of nitrogens with zero attached hydrogens (tertiary/aromatic N) is 2. The smallest absolute Gasteiger partial charge is 0.147 e. The van der Waals surface area contributed by atoms with Gasteiger partial charge in [-0.3, -0.25) is 0 Å². The van der Waals surface area contributed by atoms with Crippen molar-refractivity contribution in [1.82, 2.24) is 9.97 Å². The van der Waals surface area contributed by atoms with Crippen LogP contribution in [0.5, 0.6) is 0 Å². The summed E-state index contributed by atoms with van der Waals surface area (Å²) in [4.78, 5) is 9.36. The first-order valence-corrected chi connectivity index (χ1v) is 6.82. The molecule has 3 N–H and O–H groups in total. The first-order valence-electron chi connectivity index (χ1n) is 6.82. The lowest BCUT2D eigenvalue weighted by atomic mass is 9.95. The average molecular weight is 248 g/mol. The number of ether oxygens (including phenoxy) is 1. The van der Waals surface area contributed by atoms with Gasteiger partial charge in [0.15, 0.2) is 0 Å². The molecule has 0 spiro atoms. The van der Waals surface area contributed by atoms with E-state index >= 15 is 0 Å². The molecule has 0 aromatic carbocycles. The number of hydrazine groups is 1. The lowest BCUT2D eigenvalue weighted by Crippen LogP contribution is -2.22. The number of nitrogen functional groups attached to an aromatic ring is 1. The number of rotatable bonds is 2. The van der Waals surface area contributed by atoms with Gasteiger partial charge in [0, 0.05) is 23.8 Å². The molecular weight excluding hydrogens is 228 g/mol. The summed E-state index contributed by atoms with van der Waals surface area (Å²) in [6.07, 6.45) is 6.72. The number of hydrogen-bond donors (Lipinski definition) is 2. The van der Waals surface area contributed by atoms with Crippen molar-refractivity contribution in [3.8, 4) is 0 Å². The maximum absolute atomic E-state index is 5.60. The highest BCUT2D eigenvalue weighted by Crippen LogP contribution is 2.29. The predicted molar refractivity (Wildman–Crippen MR) is 69.3 cm³/mol. The second kappa shape index (κ2) is 5.20. The minimum Gasteiger partial charge on any atom is -0.381 e. The molecule has 1 aromatic heterocycles. The molecule has 0 bridgehead atoms. The highest BCUT2D eigenvalue weighted by atomic mass is 16.5. The fraction of sp³-hybridized carbons (Fsp3) is 0.692. The minimum absolute atomic E-state index is 0.332. The highest BCUT2D eigenvalue weighted by Gasteiger charge is 2.23. The maximum atomic E-state index is 5.60. The Bertz CT molecular complexity index is 412. The van der Waals surface area contributed by atoms with Crippen molar-refractivity contribution >= 4 is 5.82 Å². The van der Waals surface area contributed by atoms with Gasteiger partial charge in [0.25, 0.3) is 0 Å². The molecule has 1 fully saturated rings. The maximum Gasteiger partial charge on any atom is 0.147 e. The normalized spacial score (nSPS) is 23.5. The lowest BCUT2D eigenvalue weighted by molar-refractivity contribution is 0.0780. The number of nitrogens with one attached hydrogen (secondary N) is 1. The van der Waals surface area contributed by atoms with Crippen LogP contribution in [0.4, 0.5) is 5.82 Å². The Morgan fingerprint density at radius 1 is 1.17 bits per heavy atom. The Morgan fingerprint density at radius 3 is 2.83 bits per heavy atom. The van der Waals surface area contributed by atoms with Crippen LogP contribution in [-0.2, 0) is 17.6 Å². The number of fused-ring (bicyclic) bond motifs is 1. The second-order valence-corrected chi connectivity index (χ2v) is 5.12. The molecule has 1 saturated heterocycles. The number of aryl methyl sites for hydroxylation is 1. The van der Waals surface area contributed by atoms with E-state index in [9.17, 15) is 0 Å². The van der Waals surface area contributed by atoms with Crippen molar-refractivity contribution in [2.24, 2.45) is 5.84 Å². The van der Waals surface area contributed by atoms with E-state index in [0.29, 0.717) is 5.92 Å². The molecule has 0 amide bonds. The monoisotopic (exact) mass is 248 g/mol. The third-order valence-electron chi connectivity index (χ3n) is 3.86. The van der Waals surface area contributed by atoms with Crippen LogP contribution in [-0.4, -0.2) is 23.2 Å². The van der Waals surface area contributed by atoms with E-state index in [4.69, 9.17) is 15.6 Å². The average Bonchev–Trinajstić information content (AvgIpc) is 2.47. The topological polar surface area (TPSA) is 73.1 Å². The molecule has 2 aliphatic rings. The van der Waals surface area contributed by atoms with Crippen LogP contribution in [0.15, 0.2) is 0 Å². The van der Waals surface area contributed by atoms with Gasteiger partial charge in [-0.2, -0.15) is 0 Å². The number of nitrogens with two attached hydrogens (primary N) is 1. The van der Waals surface area contributed by atoms with Gasteiger partial charge in [0.05, 0.1) is 6.61 Å². The van der Waals surface area contributed by atoms with Crippen molar-refractivity contribution < 1.29 is 4.74 Å². The summed E-state index contributed by atoms with van der Waals surface area (Å²) in [5, 5.41) is 0. The fourth-order valence-corrected chi connectivity index (χ4v) is 2.86. The summed E-state index contributed by atoms with van der Waals surface area (Å²) < 4.78 is 5.52. The molecule has 98 valence electrons. The van der Waals surface area contributed by atoms with E-state index in [-0.39, 0.29) is 0 Å². The van der Waals surface area contributed by atoms with Crippen LogP contribution < -0.4 is 11.3 Å². The van der Waals surface area contributed by atoms with E-state index in [2.05, 4.69) is 10.4 Å². The summed E-state index contributed by atoms with van der Waals surface area (Å²) >= 11 is 0. The molecule has 0 saturated carbocycles. The van der Waals surface area contributed by atoms with E-state index < -0.39 is 0 Å². The van der Waals surface area contributed by atoms with Gasteiger partial charge < -0.3 is 10.2 Å². The SMILES string of the molecule is NNc1nc(C2CCCOC2)nc2c1CCCC2. The van der Waals surface area contributed by atoms with Gasteiger partial charge in [-0.25, -0.2) is 15.8 Å². The number of hydrogen-bond acceptors (Lipinski definition) is 5. The fourth-order valence-electron chi connectivity index (χ4n) is 2.86. The van der Waals surface area contributed by atoms with Crippen molar-refractivity contribution in [3.63, 3.8) is 0 Å². The van der Waals surface area contributed by atoms with Crippen molar-refractivity contribution in [3.05, 3.63) is 17.1 Å². The Balaban J connectivity index is 1.94. The van der Waals surface area contributed by atoms with Crippen LogP contribution >= 0.6 is 0 Å². The van der Waals surface area contributed by atoms with E-state index in [1.165, 1.54) is 24.1 Å². The summed E-state index contributed by atoms with van der Waals surface area (Å²) in [6.45, 7) is 1.60. The molecule has 1 aliphatic heterocycles. The van der Waals surface area contributed by atoms with Crippen molar-refractivity contribution in [1.29, 1.82) is 0 Å². The van der Waals surface area contributed by atoms with Crippen LogP contribution in [0, 0.1) is 0 Å². The molecule has 1 atom stereocenters. The molecule has 18 heavy (non-hydrogen) atoms.